The number of aliphatic hydroxyl groups is 1. The summed E-state index contributed by atoms with van der Waals surface area (Å²) in [6, 6.07) is 0. The fourth-order valence-corrected chi connectivity index (χ4v) is 13.6. The zero-order chi connectivity index (χ0) is 34.3. The fraction of sp³-hybridized carbons (Fsp3) is 0.932. The molecule has 0 saturated heterocycles. The SMILES string of the molecule is CCCCCCCCCCCCCC(=O)OC1CCC2(C)C(CCC3(C)C2CCC2C4C(C)C(C)=CCC4(C)C(O)CC23C)C1(C)C. The van der Waals surface area contributed by atoms with Crippen molar-refractivity contribution >= 4 is 5.97 Å². The summed E-state index contributed by atoms with van der Waals surface area (Å²) in [5, 5.41) is 12.0. The van der Waals surface area contributed by atoms with Gasteiger partial charge in [0.15, 0.2) is 0 Å². The molecule has 5 aliphatic rings. The number of carbonyl (C=O) groups excluding carboxylic acids is 1. The molecule has 0 amide bonds. The number of ether oxygens (including phenoxy) is 1. The van der Waals surface area contributed by atoms with E-state index >= 15 is 0 Å². The summed E-state index contributed by atoms with van der Waals surface area (Å²) in [7, 11) is 0. The molecule has 1 N–H and O–H groups in total. The molecule has 270 valence electrons. The molecule has 5 rings (SSSR count). The summed E-state index contributed by atoms with van der Waals surface area (Å²) in [6.07, 6.45) is 26.4. The van der Waals surface area contributed by atoms with E-state index in [1.165, 1.54) is 89.9 Å². The van der Waals surface area contributed by atoms with E-state index in [0.29, 0.717) is 36.0 Å². The topological polar surface area (TPSA) is 46.5 Å². The quantitative estimate of drug-likeness (QED) is 0.122. The van der Waals surface area contributed by atoms with Crippen LogP contribution in [0.2, 0.25) is 0 Å². The van der Waals surface area contributed by atoms with Gasteiger partial charge in [-0.3, -0.25) is 4.79 Å². The Morgan fingerprint density at radius 3 is 2.04 bits per heavy atom. The summed E-state index contributed by atoms with van der Waals surface area (Å²) < 4.78 is 6.39. The summed E-state index contributed by atoms with van der Waals surface area (Å²) in [4.78, 5) is 13.1. The van der Waals surface area contributed by atoms with Gasteiger partial charge in [0.2, 0.25) is 0 Å². The van der Waals surface area contributed by atoms with Gasteiger partial charge in [-0.15, -0.1) is 0 Å². The Kier molecular flexibility index (Phi) is 11.5. The van der Waals surface area contributed by atoms with Gasteiger partial charge in [0.25, 0.3) is 0 Å². The van der Waals surface area contributed by atoms with E-state index in [2.05, 4.69) is 68.4 Å². The number of hydrogen-bond acceptors (Lipinski definition) is 3. The van der Waals surface area contributed by atoms with E-state index < -0.39 is 0 Å². The molecule has 5 aliphatic carbocycles. The van der Waals surface area contributed by atoms with Gasteiger partial charge >= 0.3 is 5.97 Å². The molecule has 3 nitrogen and oxygen atoms in total. The monoisotopic (exact) mass is 653 g/mol. The molecule has 47 heavy (non-hydrogen) atoms. The van der Waals surface area contributed by atoms with E-state index in [0.717, 1.165) is 32.1 Å². The van der Waals surface area contributed by atoms with Crippen molar-refractivity contribution < 1.29 is 14.6 Å². The molecule has 0 aliphatic heterocycles. The molecule has 3 heteroatoms. The number of esters is 1. The van der Waals surface area contributed by atoms with Gasteiger partial charge in [0.05, 0.1) is 6.10 Å². The van der Waals surface area contributed by atoms with E-state index in [-0.39, 0.29) is 45.3 Å². The second-order valence-corrected chi connectivity index (χ2v) is 19.5. The summed E-state index contributed by atoms with van der Waals surface area (Å²) in [5.74, 6) is 3.07. The number of hydrogen-bond donors (Lipinski definition) is 1. The first-order chi connectivity index (χ1) is 22.2. The Morgan fingerprint density at radius 1 is 0.787 bits per heavy atom. The van der Waals surface area contributed by atoms with Gasteiger partial charge in [-0.1, -0.05) is 131 Å². The maximum atomic E-state index is 13.1. The minimum Gasteiger partial charge on any atom is -0.462 e. The molecule has 0 aromatic heterocycles. The van der Waals surface area contributed by atoms with Crippen molar-refractivity contribution in [1.82, 2.24) is 0 Å². The van der Waals surface area contributed by atoms with Crippen LogP contribution in [0.3, 0.4) is 0 Å². The molecular weight excluding hydrogens is 576 g/mol. The van der Waals surface area contributed by atoms with Crippen molar-refractivity contribution in [2.45, 2.75) is 203 Å². The molecule has 0 radical (unpaired) electrons. The van der Waals surface area contributed by atoms with Crippen LogP contribution < -0.4 is 0 Å². The number of unbranched alkanes of at least 4 members (excludes halogenated alkanes) is 10. The highest BCUT2D eigenvalue weighted by atomic mass is 16.5. The fourth-order valence-electron chi connectivity index (χ4n) is 13.6. The first kappa shape index (κ1) is 37.4. The minimum atomic E-state index is -0.228. The molecule has 11 unspecified atom stereocenters. The van der Waals surface area contributed by atoms with Gasteiger partial charge in [-0.05, 0) is 111 Å². The van der Waals surface area contributed by atoms with Crippen molar-refractivity contribution in [3.05, 3.63) is 11.6 Å². The third-order valence-corrected chi connectivity index (χ3v) is 16.8. The molecule has 4 saturated carbocycles. The highest BCUT2D eigenvalue weighted by molar-refractivity contribution is 5.69. The number of allylic oxidation sites excluding steroid dienone is 2. The lowest BCUT2D eigenvalue weighted by Crippen LogP contribution is -2.69. The van der Waals surface area contributed by atoms with E-state index in [1.807, 2.05) is 0 Å². The minimum absolute atomic E-state index is 0.00484. The third kappa shape index (κ3) is 6.57. The molecule has 0 bridgehead atoms. The van der Waals surface area contributed by atoms with Crippen LogP contribution in [0.5, 0.6) is 0 Å². The summed E-state index contributed by atoms with van der Waals surface area (Å²) in [6.45, 7) is 22.3. The third-order valence-electron chi connectivity index (χ3n) is 16.8. The zero-order valence-electron chi connectivity index (χ0n) is 32.5. The molecular formula is C44H76O3. The average Bonchev–Trinajstić information content (AvgIpc) is 3.00. The van der Waals surface area contributed by atoms with Crippen molar-refractivity contribution in [2.75, 3.05) is 0 Å². The van der Waals surface area contributed by atoms with Crippen molar-refractivity contribution in [1.29, 1.82) is 0 Å². The number of carbonyl (C=O) groups is 1. The molecule has 4 fully saturated rings. The molecule has 0 spiro atoms. The second kappa shape index (κ2) is 14.4. The highest BCUT2D eigenvalue weighted by Crippen LogP contribution is 2.76. The van der Waals surface area contributed by atoms with Crippen molar-refractivity contribution in [3.63, 3.8) is 0 Å². The van der Waals surface area contributed by atoms with E-state index in [4.69, 9.17) is 4.74 Å². The summed E-state index contributed by atoms with van der Waals surface area (Å²) in [5.41, 5.74) is 2.18. The Balaban J connectivity index is 1.18. The standard InChI is InChI=1S/C44H76O3/c1-10-11-12-13-14-15-16-17-18-19-20-21-38(46)47-37-26-28-41(6)34(40(37,4)5)25-29-43(8)35(41)23-22-33-39-32(3)31(2)24-27-42(39,7)36(45)30-44(33,43)9/h24,32-37,39,45H,10-23,25-30H2,1-9H3. The zero-order valence-corrected chi connectivity index (χ0v) is 32.5. The van der Waals surface area contributed by atoms with Gasteiger partial charge in [-0.2, -0.15) is 0 Å². The molecule has 0 aromatic rings. The lowest BCUT2D eigenvalue weighted by Gasteiger charge is -2.74. The Labute approximate surface area is 291 Å². The Hall–Kier alpha value is -0.830. The first-order valence-electron chi connectivity index (χ1n) is 20.7. The normalized spacial score (nSPS) is 44.0. The van der Waals surface area contributed by atoms with E-state index in [9.17, 15) is 9.90 Å². The van der Waals surface area contributed by atoms with Crippen LogP contribution in [-0.4, -0.2) is 23.3 Å². The number of rotatable bonds is 13. The largest absolute Gasteiger partial charge is 0.462 e. The maximum Gasteiger partial charge on any atom is 0.306 e. The average molecular weight is 653 g/mol. The molecule has 11 atom stereocenters. The lowest BCUT2D eigenvalue weighted by atomic mass is 9.31. The number of fused-ring (bicyclic) bond motifs is 7. The van der Waals surface area contributed by atoms with Gasteiger partial charge in [0, 0.05) is 17.3 Å². The van der Waals surface area contributed by atoms with Crippen LogP contribution in [0.15, 0.2) is 11.6 Å². The van der Waals surface area contributed by atoms with Crippen molar-refractivity contribution in [2.24, 2.45) is 56.7 Å². The van der Waals surface area contributed by atoms with Crippen LogP contribution in [0.4, 0.5) is 0 Å². The van der Waals surface area contributed by atoms with Gasteiger partial charge in [-0.25, -0.2) is 0 Å². The maximum absolute atomic E-state index is 13.1. The van der Waals surface area contributed by atoms with Crippen LogP contribution in [0, 0.1) is 56.7 Å². The Morgan fingerprint density at radius 2 is 1.40 bits per heavy atom. The van der Waals surface area contributed by atoms with Gasteiger partial charge in [0.1, 0.15) is 6.10 Å². The molecule has 0 aromatic carbocycles. The first-order valence-corrected chi connectivity index (χ1v) is 20.7. The van der Waals surface area contributed by atoms with Crippen LogP contribution in [-0.2, 0) is 9.53 Å². The van der Waals surface area contributed by atoms with Gasteiger partial charge < -0.3 is 9.84 Å². The predicted octanol–water partition coefficient (Wildman–Crippen LogP) is 12.2. The van der Waals surface area contributed by atoms with E-state index in [1.54, 1.807) is 5.57 Å². The lowest BCUT2D eigenvalue weighted by molar-refractivity contribution is -0.268. The molecule has 0 heterocycles. The second-order valence-electron chi connectivity index (χ2n) is 19.5. The summed E-state index contributed by atoms with van der Waals surface area (Å²) >= 11 is 0. The van der Waals surface area contributed by atoms with Crippen molar-refractivity contribution in [3.8, 4) is 0 Å². The Bertz CT molecular complexity index is 1110. The van der Waals surface area contributed by atoms with Crippen LogP contribution >= 0.6 is 0 Å². The van der Waals surface area contributed by atoms with Crippen LogP contribution in [0.25, 0.3) is 0 Å². The number of aliphatic hydroxyl groups excluding tert-OH is 1. The van der Waals surface area contributed by atoms with Crippen LogP contribution in [0.1, 0.15) is 191 Å². The smallest absolute Gasteiger partial charge is 0.306 e. The predicted molar refractivity (Wildman–Crippen MR) is 197 cm³/mol. The highest BCUT2D eigenvalue weighted by Gasteiger charge is 2.71.